The molecule has 1 aliphatic rings. The van der Waals surface area contributed by atoms with Crippen LogP contribution < -0.4 is 16.2 Å². The fourth-order valence-corrected chi connectivity index (χ4v) is 3.19. The average molecular weight is 410 g/mol. The van der Waals surface area contributed by atoms with Gasteiger partial charge < -0.3 is 10.1 Å². The molecule has 0 unspecified atom stereocenters. The number of alkyl carbamates (subject to hydrolysis) is 1. The van der Waals surface area contributed by atoms with Crippen molar-refractivity contribution in [2.75, 3.05) is 6.54 Å². The van der Waals surface area contributed by atoms with E-state index in [0.717, 1.165) is 12.8 Å². The van der Waals surface area contributed by atoms with Gasteiger partial charge in [-0.3, -0.25) is 20.4 Å². The first-order chi connectivity index (χ1) is 13.1. The molecule has 1 fully saturated rings. The number of ether oxygens (including phenoxy) is 1. The Kier molecular flexibility index (Phi) is 7.69. The largest absolute Gasteiger partial charge is 0.444 e. The van der Waals surface area contributed by atoms with Crippen molar-refractivity contribution in [2.24, 2.45) is 11.8 Å². The first-order valence-electron chi connectivity index (χ1n) is 9.46. The second kappa shape index (κ2) is 9.78. The zero-order valence-electron chi connectivity index (χ0n) is 16.5. The summed E-state index contributed by atoms with van der Waals surface area (Å²) < 4.78 is 5.22. The molecule has 0 spiro atoms. The normalized spacial score (nSPS) is 19.4. The van der Waals surface area contributed by atoms with E-state index < -0.39 is 11.7 Å². The fourth-order valence-electron chi connectivity index (χ4n) is 3.06. The summed E-state index contributed by atoms with van der Waals surface area (Å²) in [7, 11) is 0. The SMILES string of the molecule is CC(C)(C)OC(=O)NCC1CCC(C(=O)NNC(=O)c2ccc(Cl)cc2)CC1. The number of hydrazine groups is 1. The van der Waals surface area contributed by atoms with Crippen molar-refractivity contribution in [3.05, 3.63) is 34.9 Å². The van der Waals surface area contributed by atoms with E-state index in [0.29, 0.717) is 35.9 Å². The molecule has 0 bridgehead atoms. The van der Waals surface area contributed by atoms with E-state index in [1.165, 1.54) is 0 Å². The molecule has 3 N–H and O–H groups in total. The van der Waals surface area contributed by atoms with Crippen molar-refractivity contribution in [1.29, 1.82) is 0 Å². The van der Waals surface area contributed by atoms with Crippen molar-refractivity contribution < 1.29 is 19.1 Å². The number of rotatable bonds is 4. The molecule has 1 aliphatic carbocycles. The molecule has 1 saturated carbocycles. The van der Waals surface area contributed by atoms with Crippen molar-refractivity contribution in [3.8, 4) is 0 Å². The van der Waals surface area contributed by atoms with Crippen LogP contribution in [-0.2, 0) is 9.53 Å². The maximum absolute atomic E-state index is 12.3. The van der Waals surface area contributed by atoms with Crippen LogP contribution in [0.1, 0.15) is 56.8 Å². The molecule has 0 aromatic heterocycles. The maximum Gasteiger partial charge on any atom is 0.407 e. The van der Waals surface area contributed by atoms with E-state index in [2.05, 4.69) is 16.2 Å². The Balaban J connectivity index is 1.68. The molecule has 2 rings (SSSR count). The van der Waals surface area contributed by atoms with Crippen molar-refractivity contribution in [1.82, 2.24) is 16.2 Å². The molecule has 0 aliphatic heterocycles. The Morgan fingerprint density at radius 2 is 1.64 bits per heavy atom. The Hall–Kier alpha value is -2.28. The van der Waals surface area contributed by atoms with Gasteiger partial charge in [0.25, 0.3) is 5.91 Å². The highest BCUT2D eigenvalue weighted by atomic mass is 35.5. The number of hydrogen-bond acceptors (Lipinski definition) is 4. The number of carbonyl (C=O) groups excluding carboxylic acids is 3. The molecule has 7 nitrogen and oxygen atoms in total. The van der Waals surface area contributed by atoms with Gasteiger partial charge >= 0.3 is 6.09 Å². The Morgan fingerprint density at radius 1 is 1.04 bits per heavy atom. The molecule has 28 heavy (non-hydrogen) atoms. The topological polar surface area (TPSA) is 96.5 Å². The summed E-state index contributed by atoms with van der Waals surface area (Å²) >= 11 is 5.79. The lowest BCUT2D eigenvalue weighted by molar-refractivity contribution is -0.127. The number of hydrogen-bond donors (Lipinski definition) is 3. The molecular formula is C20H28ClN3O4. The van der Waals surface area contributed by atoms with Crippen LogP contribution in [0.5, 0.6) is 0 Å². The number of amides is 3. The fraction of sp³-hybridized carbons (Fsp3) is 0.550. The molecule has 0 saturated heterocycles. The first kappa shape index (κ1) is 22.0. The molecule has 0 atom stereocenters. The van der Waals surface area contributed by atoms with Gasteiger partial charge in [-0.25, -0.2) is 4.79 Å². The van der Waals surface area contributed by atoms with Crippen LogP contribution in [0.3, 0.4) is 0 Å². The number of benzene rings is 1. The van der Waals surface area contributed by atoms with Gasteiger partial charge in [-0.2, -0.15) is 0 Å². The third kappa shape index (κ3) is 7.38. The lowest BCUT2D eigenvalue weighted by Gasteiger charge is -2.28. The summed E-state index contributed by atoms with van der Waals surface area (Å²) in [5, 5.41) is 3.33. The van der Waals surface area contributed by atoms with E-state index in [1.54, 1.807) is 24.3 Å². The number of nitrogens with one attached hydrogen (secondary N) is 3. The highest BCUT2D eigenvalue weighted by Gasteiger charge is 2.27. The summed E-state index contributed by atoms with van der Waals surface area (Å²) in [5.74, 6) is -0.412. The minimum atomic E-state index is -0.518. The predicted octanol–water partition coefficient (Wildman–Crippen LogP) is 3.43. The highest BCUT2D eigenvalue weighted by molar-refractivity contribution is 6.30. The van der Waals surface area contributed by atoms with Gasteiger partial charge in [0.15, 0.2) is 0 Å². The van der Waals surface area contributed by atoms with Gasteiger partial charge in [0.1, 0.15) is 5.60 Å². The van der Waals surface area contributed by atoms with Crippen LogP contribution in [0.4, 0.5) is 4.79 Å². The molecule has 1 aromatic carbocycles. The molecular weight excluding hydrogens is 382 g/mol. The minimum Gasteiger partial charge on any atom is -0.444 e. The van der Waals surface area contributed by atoms with E-state index >= 15 is 0 Å². The Labute approximate surface area is 170 Å². The lowest BCUT2D eigenvalue weighted by Crippen LogP contribution is -2.45. The second-order valence-electron chi connectivity index (χ2n) is 8.05. The monoisotopic (exact) mass is 409 g/mol. The quantitative estimate of drug-likeness (QED) is 0.663. The van der Waals surface area contributed by atoms with Gasteiger partial charge in [-0.15, -0.1) is 0 Å². The van der Waals surface area contributed by atoms with Crippen molar-refractivity contribution >= 4 is 29.5 Å². The van der Waals surface area contributed by atoms with Gasteiger partial charge in [-0.05, 0) is 76.6 Å². The molecule has 0 radical (unpaired) electrons. The molecule has 8 heteroatoms. The highest BCUT2D eigenvalue weighted by Crippen LogP contribution is 2.28. The zero-order chi connectivity index (χ0) is 20.7. The first-order valence-corrected chi connectivity index (χ1v) is 9.84. The van der Waals surface area contributed by atoms with Crippen LogP contribution in [0.15, 0.2) is 24.3 Å². The molecule has 154 valence electrons. The van der Waals surface area contributed by atoms with E-state index in [-0.39, 0.29) is 17.7 Å². The lowest BCUT2D eigenvalue weighted by atomic mass is 9.81. The van der Waals surface area contributed by atoms with Gasteiger partial charge in [0.2, 0.25) is 5.91 Å². The molecule has 3 amide bonds. The van der Waals surface area contributed by atoms with Gasteiger partial charge in [-0.1, -0.05) is 11.6 Å². The van der Waals surface area contributed by atoms with Crippen LogP contribution in [0.25, 0.3) is 0 Å². The van der Waals surface area contributed by atoms with Crippen LogP contribution in [-0.4, -0.2) is 30.1 Å². The van der Waals surface area contributed by atoms with E-state index in [1.807, 2.05) is 20.8 Å². The van der Waals surface area contributed by atoms with Crippen molar-refractivity contribution in [3.63, 3.8) is 0 Å². The molecule has 1 aromatic rings. The van der Waals surface area contributed by atoms with Crippen LogP contribution >= 0.6 is 11.6 Å². The minimum absolute atomic E-state index is 0.150. The zero-order valence-corrected chi connectivity index (χ0v) is 17.3. The van der Waals surface area contributed by atoms with E-state index in [4.69, 9.17) is 16.3 Å². The second-order valence-corrected chi connectivity index (χ2v) is 8.49. The van der Waals surface area contributed by atoms with E-state index in [9.17, 15) is 14.4 Å². The summed E-state index contributed by atoms with van der Waals surface area (Å²) in [6.45, 7) is 6.00. The van der Waals surface area contributed by atoms with Gasteiger partial charge in [0, 0.05) is 23.0 Å². The summed E-state index contributed by atoms with van der Waals surface area (Å²) in [6, 6.07) is 6.41. The molecule has 0 heterocycles. The van der Waals surface area contributed by atoms with Crippen LogP contribution in [0.2, 0.25) is 5.02 Å². The van der Waals surface area contributed by atoms with Crippen LogP contribution in [0, 0.1) is 11.8 Å². The third-order valence-electron chi connectivity index (χ3n) is 4.56. The Morgan fingerprint density at radius 3 is 2.21 bits per heavy atom. The number of carbonyl (C=O) groups is 3. The average Bonchev–Trinajstić information content (AvgIpc) is 2.64. The predicted molar refractivity (Wildman–Crippen MR) is 107 cm³/mol. The Bertz CT molecular complexity index is 692. The summed E-state index contributed by atoms with van der Waals surface area (Å²) in [5.41, 5.74) is 4.83. The standard InChI is InChI=1S/C20H28ClN3O4/c1-20(2,3)28-19(27)22-12-13-4-6-14(7-5-13)17(25)23-24-18(26)15-8-10-16(21)11-9-15/h8-11,13-14H,4-7,12H2,1-3H3,(H,22,27)(H,23,25)(H,24,26). The van der Waals surface area contributed by atoms with Crippen molar-refractivity contribution in [2.45, 2.75) is 52.1 Å². The van der Waals surface area contributed by atoms with Gasteiger partial charge in [0.05, 0.1) is 0 Å². The summed E-state index contributed by atoms with van der Waals surface area (Å²) in [4.78, 5) is 36.0. The third-order valence-corrected chi connectivity index (χ3v) is 4.81. The maximum atomic E-state index is 12.3. The summed E-state index contributed by atoms with van der Waals surface area (Å²) in [6.07, 6.45) is 2.67. The number of halogens is 1. The smallest absolute Gasteiger partial charge is 0.407 e.